The van der Waals surface area contributed by atoms with Gasteiger partial charge in [0.05, 0.1) is 5.56 Å². The van der Waals surface area contributed by atoms with Crippen molar-refractivity contribution >= 4 is 5.91 Å². The molecule has 0 fully saturated rings. The summed E-state index contributed by atoms with van der Waals surface area (Å²) < 4.78 is 26.2. The fourth-order valence-corrected chi connectivity index (χ4v) is 1.59. The minimum Gasteiger partial charge on any atom is -0.349 e. The molecule has 1 rings (SSSR count). The van der Waals surface area contributed by atoms with Crippen LogP contribution >= 0.6 is 0 Å². The quantitative estimate of drug-likeness (QED) is 0.846. The summed E-state index contributed by atoms with van der Waals surface area (Å²) in [6.45, 7) is 3.57. The van der Waals surface area contributed by atoms with E-state index in [0.29, 0.717) is 6.42 Å². The third-order valence-corrected chi connectivity index (χ3v) is 2.28. The SMILES string of the molecule is CC(N)CC(C)NC(=O)c1cc(F)ccc1F. The van der Waals surface area contributed by atoms with Crippen LogP contribution in [0.2, 0.25) is 0 Å². The zero-order valence-electron chi connectivity index (χ0n) is 9.84. The molecule has 0 heterocycles. The van der Waals surface area contributed by atoms with Crippen molar-refractivity contribution in [1.82, 2.24) is 5.32 Å². The first-order valence-corrected chi connectivity index (χ1v) is 5.41. The third-order valence-electron chi connectivity index (χ3n) is 2.28. The fraction of sp³-hybridized carbons (Fsp3) is 0.417. The average Bonchev–Trinajstić information content (AvgIpc) is 2.20. The van der Waals surface area contributed by atoms with Crippen molar-refractivity contribution in [1.29, 1.82) is 0 Å². The normalized spacial score (nSPS) is 14.2. The lowest BCUT2D eigenvalue weighted by molar-refractivity contribution is 0.0933. The zero-order chi connectivity index (χ0) is 13.0. The lowest BCUT2D eigenvalue weighted by Gasteiger charge is -2.16. The molecule has 0 spiro atoms. The zero-order valence-corrected chi connectivity index (χ0v) is 9.84. The molecular formula is C12H16F2N2O. The van der Waals surface area contributed by atoms with Gasteiger partial charge in [-0.25, -0.2) is 8.78 Å². The minimum atomic E-state index is -0.739. The van der Waals surface area contributed by atoms with Gasteiger partial charge in [-0.15, -0.1) is 0 Å². The Morgan fingerprint density at radius 1 is 1.41 bits per heavy atom. The van der Waals surface area contributed by atoms with Gasteiger partial charge in [0.2, 0.25) is 0 Å². The number of benzene rings is 1. The molecule has 1 aromatic carbocycles. The van der Waals surface area contributed by atoms with E-state index < -0.39 is 17.5 Å². The maximum Gasteiger partial charge on any atom is 0.254 e. The van der Waals surface area contributed by atoms with Crippen LogP contribution < -0.4 is 11.1 Å². The van der Waals surface area contributed by atoms with Crippen LogP contribution in [0.3, 0.4) is 0 Å². The van der Waals surface area contributed by atoms with Crippen LogP contribution in [-0.2, 0) is 0 Å². The molecule has 0 aliphatic rings. The number of nitrogens with one attached hydrogen (secondary N) is 1. The number of nitrogens with two attached hydrogens (primary N) is 1. The first-order valence-electron chi connectivity index (χ1n) is 5.41. The van der Waals surface area contributed by atoms with Gasteiger partial charge in [0.1, 0.15) is 11.6 Å². The van der Waals surface area contributed by atoms with E-state index in [0.717, 1.165) is 18.2 Å². The predicted octanol–water partition coefficient (Wildman–Crippen LogP) is 1.82. The van der Waals surface area contributed by atoms with Crippen molar-refractivity contribution < 1.29 is 13.6 Å². The molecule has 1 aromatic rings. The topological polar surface area (TPSA) is 55.1 Å². The highest BCUT2D eigenvalue weighted by molar-refractivity contribution is 5.94. The monoisotopic (exact) mass is 242 g/mol. The van der Waals surface area contributed by atoms with Gasteiger partial charge in [-0.1, -0.05) is 0 Å². The van der Waals surface area contributed by atoms with Gasteiger partial charge in [0, 0.05) is 12.1 Å². The number of carbonyl (C=O) groups is 1. The van der Waals surface area contributed by atoms with Gasteiger partial charge in [0.15, 0.2) is 0 Å². The van der Waals surface area contributed by atoms with Crippen molar-refractivity contribution in [2.75, 3.05) is 0 Å². The van der Waals surface area contributed by atoms with Crippen molar-refractivity contribution in [3.8, 4) is 0 Å². The Kier molecular flexibility index (Phi) is 4.57. The largest absolute Gasteiger partial charge is 0.349 e. The van der Waals surface area contributed by atoms with E-state index in [4.69, 9.17) is 5.73 Å². The lowest BCUT2D eigenvalue weighted by Crippen LogP contribution is -2.36. The molecule has 1 amide bonds. The first-order chi connectivity index (χ1) is 7.90. The molecule has 0 aliphatic carbocycles. The second-order valence-electron chi connectivity index (χ2n) is 4.21. The molecule has 17 heavy (non-hydrogen) atoms. The van der Waals surface area contributed by atoms with Crippen LogP contribution in [0.25, 0.3) is 0 Å². The van der Waals surface area contributed by atoms with Crippen LogP contribution in [0.1, 0.15) is 30.6 Å². The fourth-order valence-electron chi connectivity index (χ4n) is 1.59. The number of hydrogen-bond donors (Lipinski definition) is 2. The lowest BCUT2D eigenvalue weighted by atomic mass is 10.1. The van der Waals surface area contributed by atoms with Crippen LogP contribution in [0.5, 0.6) is 0 Å². The smallest absolute Gasteiger partial charge is 0.254 e. The minimum absolute atomic E-state index is 0.0670. The van der Waals surface area contributed by atoms with Crippen LogP contribution in [-0.4, -0.2) is 18.0 Å². The number of carbonyl (C=O) groups excluding carboxylic acids is 1. The third kappa shape index (κ3) is 4.11. The molecular weight excluding hydrogens is 226 g/mol. The molecule has 3 N–H and O–H groups in total. The summed E-state index contributed by atoms with van der Waals surface area (Å²) in [7, 11) is 0. The molecule has 3 nitrogen and oxygen atoms in total. The van der Waals surface area contributed by atoms with Gasteiger partial charge in [-0.2, -0.15) is 0 Å². The Balaban J connectivity index is 2.73. The van der Waals surface area contributed by atoms with Crippen molar-refractivity contribution in [3.05, 3.63) is 35.4 Å². The highest BCUT2D eigenvalue weighted by atomic mass is 19.1. The Labute approximate surface area is 99.0 Å². The standard InChI is InChI=1S/C12H16F2N2O/c1-7(15)5-8(2)16-12(17)10-6-9(13)3-4-11(10)14/h3-4,6-8H,5,15H2,1-2H3,(H,16,17). The molecule has 2 atom stereocenters. The Morgan fingerprint density at radius 2 is 2.06 bits per heavy atom. The van der Waals surface area contributed by atoms with E-state index in [-0.39, 0.29) is 17.6 Å². The highest BCUT2D eigenvalue weighted by Gasteiger charge is 2.15. The second kappa shape index (κ2) is 5.72. The molecule has 0 radical (unpaired) electrons. The number of rotatable bonds is 4. The Morgan fingerprint density at radius 3 is 2.65 bits per heavy atom. The molecule has 0 aromatic heterocycles. The summed E-state index contributed by atoms with van der Waals surface area (Å²) >= 11 is 0. The second-order valence-corrected chi connectivity index (χ2v) is 4.21. The van der Waals surface area contributed by atoms with Gasteiger partial charge < -0.3 is 11.1 Å². The van der Waals surface area contributed by atoms with Gasteiger partial charge in [-0.05, 0) is 38.5 Å². The first kappa shape index (κ1) is 13.6. The van der Waals surface area contributed by atoms with Crippen molar-refractivity contribution in [3.63, 3.8) is 0 Å². The molecule has 0 bridgehead atoms. The average molecular weight is 242 g/mol. The predicted molar refractivity (Wildman–Crippen MR) is 61.6 cm³/mol. The molecule has 94 valence electrons. The molecule has 0 aliphatic heterocycles. The van der Waals surface area contributed by atoms with E-state index in [1.807, 2.05) is 6.92 Å². The van der Waals surface area contributed by atoms with E-state index in [2.05, 4.69) is 5.32 Å². The van der Waals surface area contributed by atoms with Gasteiger partial charge >= 0.3 is 0 Å². The van der Waals surface area contributed by atoms with Crippen LogP contribution in [0.15, 0.2) is 18.2 Å². The number of amides is 1. The van der Waals surface area contributed by atoms with Crippen molar-refractivity contribution in [2.45, 2.75) is 32.4 Å². The maximum absolute atomic E-state index is 13.3. The Hall–Kier alpha value is -1.49. The molecule has 5 heteroatoms. The summed E-state index contributed by atoms with van der Waals surface area (Å²) in [5.74, 6) is -2.01. The molecule has 2 unspecified atom stereocenters. The van der Waals surface area contributed by atoms with E-state index in [1.54, 1.807) is 6.92 Å². The molecule has 0 saturated carbocycles. The van der Waals surface area contributed by atoms with E-state index in [9.17, 15) is 13.6 Å². The molecule has 0 saturated heterocycles. The van der Waals surface area contributed by atoms with E-state index in [1.165, 1.54) is 0 Å². The van der Waals surface area contributed by atoms with Crippen LogP contribution in [0, 0.1) is 11.6 Å². The van der Waals surface area contributed by atoms with Crippen LogP contribution in [0.4, 0.5) is 8.78 Å². The maximum atomic E-state index is 13.3. The van der Waals surface area contributed by atoms with Gasteiger partial charge in [0.25, 0.3) is 5.91 Å². The van der Waals surface area contributed by atoms with Gasteiger partial charge in [-0.3, -0.25) is 4.79 Å². The van der Waals surface area contributed by atoms with E-state index >= 15 is 0 Å². The summed E-state index contributed by atoms with van der Waals surface area (Å²) in [6.07, 6.45) is 0.572. The summed E-state index contributed by atoms with van der Waals surface area (Å²) in [5.41, 5.74) is 5.29. The number of hydrogen-bond acceptors (Lipinski definition) is 2. The highest BCUT2D eigenvalue weighted by Crippen LogP contribution is 2.10. The van der Waals surface area contributed by atoms with Crippen molar-refractivity contribution in [2.24, 2.45) is 5.73 Å². The number of halogens is 2. The Bertz CT molecular complexity index is 407. The summed E-state index contributed by atoms with van der Waals surface area (Å²) in [4.78, 5) is 11.7. The summed E-state index contributed by atoms with van der Waals surface area (Å²) in [6, 6.07) is 2.52. The summed E-state index contributed by atoms with van der Waals surface area (Å²) in [5, 5.41) is 2.57.